The third kappa shape index (κ3) is 3.05. The van der Waals surface area contributed by atoms with Crippen LogP contribution in [0.3, 0.4) is 0 Å². The van der Waals surface area contributed by atoms with Gasteiger partial charge in [-0.3, -0.25) is 4.79 Å². The summed E-state index contributed by atoms with van der Waals surface area (Å²) in [5, 5.41) is 2.11. The van der Waals surface area contributed by atoms with Gasteiger partial charge in [-0.25, -0.2) is 18.7 Å². The summed E-state index contributed by atoms with van der Waals surface area (Å²) in [6.45, 7) is 0. The third-order valence-corrected chi connectivity index (χ3v) is 2.85. The number of nitrogens with zero attached hydrogens (tertiary/aromatic N) is 2. The monoisotopic (exact) mass is 347 g/mol. The van der Waals surface area contributed by atoms with Gasteiger partial charge in [0, 0.05) is 16.9 Å². The van der Waals surface area contributed by atoms with E-state index in [1.165, 1.54) is 12.4 Å². The molecule has 1 amide bonds. The van der Waals surface area contributed by atoms with E-state index in [0.29, 0.717) is 0 Å². The van der Waals surface area contributed by atoms with Gasteiger partial charge in [-0.05, 0) is 12.1 Å². The van der Waals surface area contributed by atoms with Crippen molar-refractivity contribution in [1.29, 1.82) is 0 Å². The Morgan fingerprint density at radius 1 is 1.21 bits per heavy atom. The summed E-state index contributed by atoms with van der Waals surface area (Å²) in [6, 6.07) is 1.96. The largest absolute Gasteiger partial charge is 0.304 e. The number of anilines is 1. The Labute approximate surface area is 120 Å². The van der Waals surface area contributed by atoms with Crippen LogP contribution in [0.1, 0.15) is 10.4 Å². The minimum atomic E-state index is -0.996. The Bertz CT molecular complexity index is 631. The number of hydrogen-bond donors (Lipinski definition) is 1. The van der Waals surface area contributed by atoms with E-state index in [9.17, 15) is 13.6 Å². The molecule has 1 heterocycles. The van der Waals surface area contributed by atoms with Gasteiger partial charge < -0.3 is 5.32 Å². The standard InChI is InChI=1S/C11H5BrClF2N3O/c12-5-3-6(14)8(7(15)4-5)11(19)18-10-9(13)16-1-2-17-10/h1-4H,(H,17,18,19). The molecular formula is C11H5BrClF2N3O. The van der Waals surface area contributed by atoms with Gasteiger partial charge in [0.2, 0.25) is 0 Å². The average molecular weight is 349 g/mol. The number of nitrogens with one attached hydrogen (secondary N) is 1. The first-order chi connectivity index (χ1) is 8.99. The molecule has 19 heavy (non-hydrogen) atoms. The fourth-order valence-corrected chi connectivity index (χ4v) is 1.89. The smallest absolute Gasteiger partial charge is 0.262 e. The molecule has 0 aliphatic carbocycles. The van der Waals surface area contributed by atoms with Crippen LogP contribution >= 0.6 is 27.5 Å². The van der Waals surface area contributed by atoms with Crippen LogP contribution in [0.25, 0.3) is 0 Å². The van der Waals surface area contributed by atoms with E-state index in [-0.39, 0.29) is 15.4 Å². The Hall–Kier alpha value is -1.60. The maximum Gasteiger partial charge on any atom is 0.262 e. The van der Waals surface area contributed by atoms with Crippen LogP contribution in [0, 0.1) is 11.6 Å². The second-order valence-electron chi connectivity index (χ2n) is 3.39. The van der Waals surface area contributed by atoms with Gasteiger partial charge in [-0.1, -0.05) is 27.5 Å². The molecule has 0 fully saturated rings. The van der Waals surface area contributed by atoms with Crippen molar-refractivity contribution in [3.63, 3.8) is 0 Å². The maximum atomic E-state index is 13.6. The van der Waals surface area contributed by atoms with Gasteiger partial charge in [0.25, 0.3) is 5.91 Å². The van der Waals surface area contributed by atoms with E-state index >= 15 is 0 Å². The van der Waals surface area contributed by atoms with E-state index in [1.54, 1.807) is 0 Å². The van der Waals surface area contributed by atoms with Crippen molar-refractivity contribution < 1.29 is 13.6 Å². The lowest BCUT2D eigenvalue weighted by Crippen LogP contribution is -2.17. The number of hydrogen-bond acceptors (Lipinski definition) is 3. The zero-order valence-corrected chi connectivity index (χ0v) is 11.5. The second kappa shape index (κ2) is 5.58. The van der Waals surface area contributed by atoms with E-state index in [4.69, 9.17) is 11.6 Å². The van der Waals surface area contributed by atoms with Gasteiger partial charge in [0.15, 0.2) is 11.0 Å². The predicted octanol–water partition coefficient (Wildman–Crippen LogP) is 3.42. The minimum Gasteiger partial charge on any atom is -0.304 e. The van der Waals surface area contributed by atoms with Crippen LogP contribution in [0.4, 0.5) is 14.6 Å². The van der Waals surface area contributed by atoms with Crippen molar-refractivity contribution >= 4 is 39.3 Å². The highest BCUT2D eigenvalue weighted by atomic mass is 79.9. The predicted molar refractivity (Wildman–Crippen MR) is 69.1 cm³/mol. The highest BCUT2D eigenvalue weighted by Gasteiger charge is 2.19. The molecule has 8 heteroatoms. The summed E-state index contributed by atoms with van der Waals surface area (Å²) in [4.78, 5) is 19.2. The summed E-state index contributed by atoms with van der Waals surface area (Å²) in [7, 11) is 0. The van der Waals surface area contributed by atoms with Gasteiger partial charge in [-0.2, -0.15) is 0 Å². The van der Waals surface area contributed by atoms with Crippen LogP contribution in [-0.4, -0.2) is 15.9 Å². The van der Waals surface area contributed by atoms with Crippen LogP contribution in [0.5, 0.6) is 0 Å². The van der Waals surface area contributed by atoms with Crippen molar-refractivity contribution in [3.05, 3.63) is 51.4 Å². The zero-order valence-electron chi connectivity index (χ0n) is 9.12. The number of rotatable bonds is 2. The molecule has 0 bridgehead atoms. The fourth-order valence-electron chi connectivity index (χ4n) is 1.33. The normalized spacial score (nSPS) is 10.3. The summed E-state index contributed by atoms with van der Waals surface area (Å²) in [6.07, 6.45) is 2.61. The molecule has 2 rings (SSSR count). The molecule has 4 nitrogen and oxygen atoms in total. The quantitative estimate of drug-likeness (QED) is 0.905. The number of aromatic nitrogens is 2. The summed E-state index contributed by atoms with van der Waals surface area (Å²) < 4.78 is 27.3. The second-order valence-corrected chi connectivity index (χ2v) is 4.67. The molecule has 0 radical (unpaired) electrons. The molecule has 2 aromatic rings. The molecular weight excluding hydrogens is 343 g/mol. The molecule has 1 aromatic carbocycles. The fraction of sp³-hybridized carbons (Fsp3) is 0. The van der Waals surface area contributed by atoms with Crippen LogP contribution in [-0.2, 0) is 0 Å². The SMILES string of the molecule is O=C(Nc1nccnc1Cl)c1c(F)cc(Br)cc1F. The third-order valence-electron chi connectivity index (χ3n) is 2.12. The number of carbonyl (C=O) groups is 1. The maximum absolute atomic E-state index is 13.6. The molecule has 1 N–H and O–H groups in total. The van der Waals surface area contributed by atoms with Gasteiger partial charge in [-0.15, -0.1) is 0 Å². The summed E-state index contributed by atoms with van der Waals surface area (Å²) >= 11 is 8.60. The molecule has 0 aliphatic heterocycles. The van der Waals surface area contributed by atoms with Crippen LogP contribution < -0.4 is 5.32 Å². The minimum absolute atomic E-state index is 0.0733. The van der Waals surface area contributed by atoms with Crippen molar-refractivity contribution in [3.8, 4) is 0 Å². The van der Waals surface area contributed by atoms with E-state index in [1.807, 2.05) is 0 Å². The number of carbonyl (C=O) groups excluding carboxylic acids is 1. The molecule has 0 atom stereocenters. The molecule has 0 spiro atoms. The number of halogens is 4. The van der Waals surface area contributed by atoms with Crippen molar-refractivity contribution in [2.45, 2.75) is 0 Å². The first-order valence-corrected chi connectivity index (χ1v) is 6.08. The summed E-state index contributed by atoms with van der Waals surface area (Å²) in [5.41, 5.74) is -0.718. The lowest BCUT2D eigenvalue weighted by Gasteiger charge is -2.07. The molecule has 0 unspecified atom stereocenters. The molecule has 0 aliphatic rings. The van der Waals surface area contributed by atoms with Crippen LogP contribution in [0.15, 0.2) is 29.0 Å². The zero-order chi connectivity index (χ0) is 14.0. The van der Waals surface area contributed by atoms with Crippen molar-refractivity contribution in [2.24, 2.45) is 0 Å². The highest BCUT2D eigenvalue weighted by molar-refractivity contribution is 9.10. The van der Waals surface area contributed by atoms with Gasteiger partial charge in [0.1, 0.15) is 17.2 Å². The van der Waals surface area contributed by atoms with Crippen molar-refractivity contribution in [2.75, 3.05) is 5.32 Å². The van der Waals surface area contributed by atoms with E-state index in [2.05, 4.69) is 31.2 Å². The topological polar surface area (TPSA) is 54.9 Å². The lowest BCUT2D eigenvalue weighted by atomic mass is 10.2. The Morgan fingerprint density at radius 3 is 2.37 bits per heavy atom. The van der Waals surface area contributed by atoms with E-state index in [0.717, 1.165) is 12.1 Å². The van der Waals surface area contributed by atoms with Crippen molar-refractivity contribution in [1.82, 2.24) is 9.97 Å². The molecule has 0 saturated carbocycles. The average Bonchev–Trinajstić information content (AvgIpc) is 2.30. The van der Waals surface area contributed by atoms with Gasteiger partial charge >= 0.3 is 0 Å². The summed E-state index contributed by atoms with van der Waals surface area (Å²) in [5.74, 6) is -3.06. The Kier molecular flexibility index (Phi) is 4.06. The van der Waals surface area contributed by atoms with Crippen LogP contribution in [0.2, 0.25) is 5.15 Å². The molecule has 98 valence electrons. The number of amides is 1. The Balaban J connectivity index is 2.34. The van der Waals surface area contributed by atoms with E-state index < -0.39 is 23.1 Å². The highest BCUT2D eigenvalue weighted by Crippen LogP contribution is 2.21. The van der Waals surface area contributed by atoms with Gasteiger partial charge in [0.05, 0.1) is 0 Å². The molecule has 1 aromatic heterocycles. The lowest BCUT2D eigenvalue weighted by molar-refractivity contribution is 0.101. The number of benzene rings is 1. The first kappa shape index (κ1) is 13.8. The molecule has 0 saturated heterocycles. The first-order valence-electron chi connectivity index (χ1n) is 4.91. The Morgan fingerprint density at radius 2 is 1.79 bits per heavy atom.